The van der Waals surface area contributed by atoms with E-state index in [1.807, 2.05) is 6.92 Å². The molecule has 7 heavy (non-hydrogen) atoms. The zero-order valence-corrected chi connectivity index (χ0v) is 4.14. The van der Waals surface area contributed by atoms with Gasteiger partial charge in [0.1, 0.15) is 5.76 Å². The molecule has 0 aromatic carbocycles. The summed E-state index contributed by atoms with van der Waals surface area (Å²) in [7, 11) is 0. The summed E-state index contributed by atoms with van der Waals surface area (Å²) < 4.78 is 4.65. The molecule has 1 aromatic rings. The van der Waals surface area contributed by atoms with Gasteiger partial charge in [0.25, 0.3) is 0 Å². The first-order valence-corrected chi connectivity index (χ1v) is 2.04. The molecular weight excluding hydrogens is 90.1 g/mol. The summed E-state index contributed by atoms with van der Waals surface area (Å²) in [5, 5.41) is 3.48. The van der Waals surface area contributed by atoms with Gasteiger partial charge in [-0.05, 0) is 13.8 Å². The number of hydrogen-bond donors (Lipinski definition) is 0. The van der Waals surface area contributed by atoms with E-state index in [0.29, 0.717) is 0 Å². The van der Waals surface area contributed by atoms with Crippen molar-refractivity contribution < 1.29 is 4.52 Å². The van der Waals surface area contributed by atoms with E-state index in [9.17, 15) is 0 Å². The second-order valence-corrected chi connectivity index (χ2v) is 1.41. The number of aromatic nitrogens is 1. The minimum absolute atomic E-state index is 0.792. The third-order valence-corrected chi connectivity index (χ3v) is 0.850. The fraction of sp³-hybridized carbons (Fsp3) is 0.200. The van der Waals surface area contributed by atoms with Crippen molar-refractivity contribution >= 4 is 0 Å². The summed E-state index contributed by atoms with van der Waals surface area (Å²) in [5.41, 5.74) is 0.861. The zero-order valence-electron chi connectivity index (χ0n) is 4.14. The van der Waals surface area contributed by atoms with Crippen LogP contribution in [0.1, 0.15) is 11.3 Å². The predicted octanol–water partition coefficient (Wildman–Crippen LogP) is 1.17. The van der Waals surface area contributed by atoms with Crippen LogP contribution in [-0.2, 0) is 0 Å². The summed E-state index contributed by atoms with van der Waals surface area (Å²) in [6, 6.07) is 0. The molecule has 2 heteroatoms. The lowest BCUT2D eigenvalue weighted by Crippen LogP contribution is -1.63. The first kappa shape index (κ1) is 4.37. The van der Waals surface area contributed by atoms with E-state index >= 15 is 0 Å². The molecule has 0 aliphatic heterocycles. The van der Waals surface area contributed by atoms with E-state index in [0.717, 1.165) is 11.3 Å². The number of rotatable bonds is 0. The summed E-state index contributed by atoms with van der Waals surface area (Å²) in [6.07, 6.45) is 1.59. The lowest BCUT2D eigenvalue weighted by atomic mass is 10.3. The maximum atomic E-state index is 4.65. The highest BCUT2D eigenvalue weighted by Gasteiger charge is 1.91. The molecule has 0 N–H and O–H groups in total. The van der Waals surface area contributed by atoms with Crippen LogP contribution in [0.4, 0.5) is 0 Å². The Bertz CT molecular complexity index is 140. The standard InChI is InChI=1S/C5H6NO/c1-4-3-6-7-5(4)2/h3H,1H2,2H3. The molecule has 1 heterocycles. The van der Waals surface area contributed by atoms with E-state index in [2.05, 4.69) is 16.6 Å². The van der Waals surface area contributed by atoms with Crippen molar-refractivity contribution in [1.82, 2.24) is 5.16 Å². The largest absolute Gasteiger partial charge is 0.361 e. The smallest absolute Gasteiger partial charge is 0.136 e. The lowest BCUT2D eigenvalue weighted by molar-refractivity contribution is 0.397. The van der Waals surface area contributed by atoms with Gasteiger partial charge in [0, 0.05) is 5.56 Å². The molecule has 2 nitrogen and oxygen atoms in total. The minimum Gasteiger partial charge on any atom is -0.361 e. The first-order valence-electron chi connectivity index (χ1n) is 2.04. The van der Waals surface area contributed by atoms with Crippen molar-refractivity contribution in [2.45, 2.75) is 6.92 Å². The van der Waals surface area contributed by atoms with Crippen LogP contribution in [0, 0.1) is 13.8 Å². The van der Waals surface area contributed by atoms with Crippen LogP contribution >= 0.6 is 0 Å². The van der Waals surface area contributed by atoms with Crippen LogP contribution in [-0.4, -0.2) is 5.16 Å². The second kappa shape index (κ2) is 1.37. The van der Waals surface area contributed by atoms with Crippen molar-refractivity contribution in [1.29, 1.82) is 0 Å². The number of aryl methyl sites for hydroxylation is 1. The molecule has 1 aromatic heterocycles. The van der Waals surface area contributed by atoms with E-state index in [4.69, 9.17) is 0 Å². The zero-order chi connectivity index (χ0) is 5.28. The Morgan fingerprint density at radius 3 is 2.71 bits per heavy atom. The number of hydrogen-bond acceptors (Lipinski definition) is 2. The molecule has 0 fully saturated rings. The van der Waals surface area contributed by atoms with Crippen LogP contribution in [0.2, 0.25) is 0 Å². The Hall–Kier alpha value is -0.790. The van der Waals surface area contributed by atoms with E-state index in [1.54, 1.807) is 6.20 Å². The fourth-order valence-electron chi connectivity index (χ4n) is 0.319. The Morgan fingerprint density at radius 1 is 1.86 bits per heavy atom. The Labute approximate surface area is 42.1 Å². The van der Waals surface area contributed by atoms with Crippen molar-refractivity contribution in [2.75, 3.05) is 0 Å². The molecule has 0 saturated carbocycles. The molecule has 0 atom stereocenters. The summed E-state index contributed by atoms with van der Waals surface area (Å²) in [5.74, 6) is 0.792. The molecule has 0 unspecified atom stereocenters. The van der Waals surface area contributed by atoms with Crippen molar-refractivity contribution in [3.05, 3.63) is 24.4 Å². The van der Waals surface area contributed by atoms with Crippen molar-refractivity contribution in [3.63, 3.8) is 0 Å². The van der Waals surface area contributed by atoms with E-state index in [-0.39, 0.29) is 0 Å². The SMILES string of the molecule is [CH2]c1cnoc1C. The molecule has 0 spiro atoms. The molecule has 0 aliphatic carbocycles. The maximum Gasteiger partial charge on any atom is 0.136 e. The second-order valence-electron chi connectivity index (χ2n) is 1.41. The van der Waals surface area contributed by atoms with Gasteiger partial charge >= 0.3 is 0 Å². The molecular formula is C5H6NO. The highest BCUT2D eigenvalue weighted by atomic mass is 16.5. The van der Waals surface area contributed by atoms with Gasteiger partial charge in [0.2, 0.25) is 0 Å². The van der Waals surface area contributed by atoms with Gasteiger partial charge in [-0.15, -0.1) is 0 Å². The first-order chi connectivity index (χ1) is 3.30. The fourth-order valence-corrected chi connectivity index (χ4v) is 0.319. The molecule has 0 aliphatic rings. The average Bonchev–Trinajstić information content (AvgIpc) is 1.91. The van der Waals surface area contributed by atoms with Crippen LogP contribution in [0.5, 0.6) is 0 Å². The van der Waals surface area contributed by atoms with Crippen molar-refractivity contribution in [3.8, 4) is 0 Å². The van der Waals surface area contributed by atoms with E-state index in [1.165, 1.54) is 0 Å². The van der Waals surface area contributed by atoms with Gasteiger partial charge in [-0.3, -0.25) is 0 Å². The maximum absolute atomic E-state index is 4.65. The van der Waals surface area contributed by atoms with Crippen LogP contribution in [0.25, 0.3) is 0 Å². The number of nitrogens with zero attached hydrogens (tertiary/aromatic N) is 1. The molecule has 37 valence electrons. The monoisotopic (exact) mass is 96.0 g/mol. The minimum atomic E-state index is 0.792. The average molecular weight is 96.1 g/mol. The van der Waals surface area contributed by atoms with Gasteiger partial charge in [-0.2, -0.15) is 0 Å². The van der Waals surface area contributed by atoms with Gasteiger partial charge in [-0.1, -0.05) is 5.16 Å². The molecule has 1 rings (SSSR count). The predicted molar refractivity (Wildman–Crippen MR) is 25.7 cm³/mol. The normalized spacial score (nSPS) is 9.43. The summed E-state index contributed by atoms with van der Waals surface area (Å²) in [6.45, 7) is 5.45. The van der Waals surface area contributed by atoms with Crippen LogP contribution < -0.4 is 0 Å². The molecule has 1 radical (unpaired) electrons. The molecule has 0 bridgehead atoms. The summed E-state index contributed by atoms with van der Waals surface area (Å²) in [4.78, 5) is 0. The Balaban J connectivity index is 3.12. The third kappa shape index (κ3) is 0.633. The van der Waals surface area contributed by atoms with Gasteiger partial charge < -0.3 is 4.52 Å². The Morgan fingerprint density at radius 2 is 2.57 bits per heavy atom. The Kier molecular flexibility index (Phi) is 0.855. The van der Waals surface area contributed by atoms with Crippen molar-refractivity contribution in [2.24, 2.45) is 0 Å². The molecule has 0 amide bonds. The highest BCUT2D eigenvalue weighted by Crippen LogP contribution is 2.00. The van der Waals surface area contributed by atoms with Gasteiger partial charge in [0.15, 0.2) is 0 Å². The van der Waals surface area contributed by atoms with Crippen LogP contribution in [0.3, 0.4) is 0 Å². The molecule has 0 saturated heterocycles. The topological polar surface area (TPSA) is 26.0 Å². The van der Waals surface area contributed by atoms with Crippen LogP contribution in [0.15, 0.2) is 10.7 Å². The lowest BCUT2D eigenvalue weighted by Gasteiger charge is -1.75. The third-order valence-electron chi connectivity index (χ3n) is 0.850. The van der Waals surface area contributed by atoms with E-state index < -0.39 is 0 Å². The van der Waals surface area contributed by atoms with Gasteiger partial charge in [-0.25, -0.2) is 0 Å². The summed E-state index contributed by atoms with van der Waals surface area (Å²) >= 11 is 0. The quantitative estimate of drug-likeness (QED) is 0.484. The van der Waals surface area contributed by atoms with Gasteiger partial charge in [0.05, 0.1) is 6.20 Å². The highest BCUT2D eigenvalue weighted by molar-refractivity contribution is 5.13.